The molecule has 0 spiro atoms. The van der Waals surface area contributed by atoms with Gasteiger partial charge in [0.2, 0.25) is 5.91 Å². The third kappa shape index (κ3) is 9.34. The van der Waals surface area contributed by atoms with Gasteiger partial charge in [-0.2, -0.15) is 0 Å². The van der Waals surface area contributed by atoms with Gasteiger partial charge >= 0.3 is 5.97 Å². The van der Waals surface area contributed by atoms with Crippen molar-refractivity contribution in [3.05, 3.63) is 99.1 Å². The van der Waals surface area contributed by atoms with Gasteiger partial charge < -0.3 is 34.8 Å². The third-order valence-electron chi connectivity index (χ3n) is 10.2. The molecule has 10 nitrogen and oxygen atoms in total. The number of carboxylic acids is 1. The van der Waals surface area contributed by atoms with E-state index in [0.29, 0.717) is 54.8 Å². The zero-order chi connectivity index (χ0) is 36.9. The minimum Gasteiger partial charge on any atom is -0.490 e. The Morgan fingerprint density at radius 2 is 1.63 bits per heavy atom. The van der Waals surface area contributed by atoms with E-state index in [-0.39, 0.29) is 36.9 Å². The molecule has 0 unspecified atom stereocenters. The van der Waals surface area contributed by atoms with Crippen molar-refractivity contribution in [2.45, 2.75) is 83.5 Å². The minimum absolute atomic E-state index is 0.0248. The van der Waals surface area contributed by atoms with Crippen molar-refractivity contribution in [2.24, 2.45) is 0 Å². The van der Waals surface area contributed by atoms with Crippen LogP contribution in [0.4, 0.5) is 0 Å². The summed E-state index contributed by atoms with van der Waals surface area (Å²) in [5.41, 5.74) is 7.11. The number of carboxylic acid groups (broad SMARTS) is 1. The highest BCUT2D eigenvalue weighted by Gasteiger charge is 2.43. The number of rotatable bonds is 15. The molecule has 6 rings (SSSR count). The molecule has 3 aromatic carbocycles. The topological polar surface area (TPSA) is 129 Å². The van der Waals surface area contributed by atoms with Crippen LogP contribution in [-0.4, -0.2) is 94.9 Å². The Morgan fingerprint density at radius 1 is 0.942 bits per heavy atom. The number of carbonyl (C=O) groups is 3. The fraction of sp³-hybridized carbons (Fsp3) is 0.439. The van der Waals surface area contributed by atoms with Gasteiger partial charge in [0.1, 0.15) is 24.7 Å². The van der Waals surface area contributed by atoms with Gasteiger partial charge in [0, 0.05) is 37.3 Å². The number of aryl methyl sites for hydroxylation is 3. The molecule has 2 aliphatic heterocycles. The summed E-state index contributed by atoms with van der Waals surface area (Å²) in [6.45, 7) is 7.97. The zero-order valence-electron chi connectivity index (χ0n) is 30.1. The summed E-state index contributed by atoms with van der Waals surface area (Å²) in [4.78, 5) is 42.7. The number of benzene rings is 3. The largest absolute Gasteiger partial charge is 0.490 e. The maximum Gasteiger partial charge on any atom is 0.305 e. The smallest absolute Gasteiger partial charge is 0.305 e. The summed E-state index contributed by atoms with van der Waals surface area (Å²) in [5, 5.41) is 23.5. The molecule has 276 valence electrons. The molecule has 3 atom stereocenters. The van der Waals surface area contributed by atoms with E-state index in [0.717, 1.165) is 41.5 Å². The molecule has 0 radical (unpaired) electrons. The molecule has 11 heteroatoms. The number of aliphatic hydroxyl groups excluding tert-OH is 1. The predicted molar refractivity (Wildman–Crippen MR) is 200 cm³/mol. The van der Waals surface area contributed by atoms with Crippen molar-refractivity contribution in [1.29, 1.82) is 0 Å². The van der Waals surface area contributed by atoms with Crippen molar-refractivity contribution < 1.29 is 34.1 Å². The number of aliphatic hydroxyl groups is 1. The van der Waals surface area contributed by atoms with Crippen LogP contribution in [0, 0.1) is 20.8 Å². The zero-order valence-corrected chi connectivity index (χ0v) is 30.8. The van der Waals surface area contributed by atoms with Crippen molar-refractivity contribution >= 4 is 35.0 Å². The lowest BCUT2D eigenvalue weighted by Crippen LogP contribution is -2.62. The standard InChI is InChI=1S/C41H48ClN3O7/c1-25-4-6-28(7-5-25)14-15-45(31-10-11-31)41(50)40-34(20-30-23-44(24-36(40)43-30)38(47)21-32(46)22-39(48)49)29-8-12-33(13-9-29)51-16-17-52-37-19-27(3)26(2)18-35(37)42/h4-9,12-13,18-19,30-32,36,43,46H,10-11,14-17,20-24H2,1-3H3,(H,48,49)/t30-,32-,36-/m1/s1. The summed E-state index contributed by atoms with van der Waals surface area (Å²) < 4.78 is 11.9. The Labute approximate surface area is 310 Å². The summed E-state index contributed by atoms with van der Waals surface area (Å²) in [6.07, 6.45) is 1.14. The molecular weight excluding hydrogens is 682 g/mol. The van der Waals surface area contributed by atoms with Crippen LogP contribution >= 0.6 is 11.6 Å². The van der Waals surface area contributed by atoms with Crippen molar-refractivity contribution in [2.75, 3.05) is 32.8 Å². The van der Waals surface area contributed by atoms with Crippen LogP contribution < -0.4 is 14.8 Å². The fourth-order valence-corrected chi connectivity index (χ4v) is 7.37. The molecule has 2 bridgehead atoms. The monoisotopic (exact) mass is 729 g/mol. The second-order valence-electron chi connectivity index (χ2n) is 14.3. The van der Waals surface area contributed by atoms with Crippen molar-refractivity contribution in [3.8, 4) is 11.5 Å². The molecule has 2 fully saturated rings. The van der Waals surface area contributed by atoms with Gasteiger partial charge in [-0.05, 0) is 98.5 Å². The summed E-state index contributed by atoms with van der Waals surface area (Å²) in [5.74, 6) is -0.196. The van der Waals surface area contributed by atoms with E-state index in [4.69, 9.17) is 26.2 Å². The van der Waals surface area contributed by atoms with Crippen LogP contribution in [0.3, 0.4) is 0 Å². The maximum atomic E-state index is 14.7. The first-order chi connectivity index (χ1) is 24.9. The first-order valence-electron chi connectivity index (χ1n) is 18.1. The summed E-state index contributed by atoms with van der Waals surface area (Å²) in [6, 6.07) is 19.6. The Balaban J connectivity index is 1.21. The Bertz CT molecular complexity index is 1810. The number of halogens is 1. The molecule has 3 aromatic rings. The lowest BCUT2D eigenvalue weighted by molar-refractivity contribution is -0.141. The third-order valence-corrected chi connectivity index (χ3v) is 10.5. The second-order valence-corrected chi connectivity index (χ2v) is 14.7. The molecule has 1 saturated heterocycles. The van der Waals surface area contributed by atoms with E-state index in [1.54, 1.807) is 4.90 Å². The predicted octanol–water partition coefficient (Wildman–Crippen LogP) is 5.51. The van der Waals surface area contributed by atoms with Crippen LogP contribution in [0.15, 0.2) is 66.2 Å². The molecule has 2 amide bonds. The van der Waals surface area contributed by atoms with Gasteiger partial charge in [-0.3, -0.25) is 14.4 Å². The minimum atomic E-state index is -1.27. The quantitative estimate of drug-likeness (QED) is 0.175. The Hall–Kier alpha value is -4.38. The number of piperazine rings is 1. The van der Waals surface area contributed by atoms with Gasteiger partial charge in [0.05, 0.1) is 30.0 Å². The Morgan fingerprint density at radius 3 is 2.33 bits per heavy atom. The number of ether oxygens (including phenoxy) is 2. The van der Waals surface area contributed by atoms with Crippen LogP contribution in [0.1, 0.15) is 59.9 Å². The Kier molecular flexibility index (Phi) is 11.9. The average molecular weight is 730 g/mol. The molecule has 1 aliphatic carbocycles. The number of hydrogen-bond acceptors (Lipinski definition) is 7. The first kappa shape index (κ1) is 37.4. The van der Waals surface area contributed by atoms with Gasteiger partial charge in [0.15, 0.2) is 0 Å². The number of hydrogen-bond donors (Lipinski definition) is 3. The van der Waals surface area contributed by atoms with Gasteiger partial charge in [-0.25, -0.2) is 0 Å². The highest BCUT2D eigenvalue weighted by atomic mass is 35.5. The lowest BCUT2D eigenvalue weighted by Gasteiger charge is -2.45. The normalized spacial score (nSPS) is 18.9. The lowest BCUT2D eigenvalue weighted by atomic mass is 9.82. The van der Waals surface area contributed by atoms with E-state index in [9.17, 15) is 19.5 Å². The van der Waals surface area contributed by atoms with Crippen LogP contribution in [0.2, 0.25) is 5.02 Å². The van der Waals surface area contributed by atoms with E-state index in [1.807, 2.05) is 55.1 Å². The maximum absolute atomic E-state index is 14.7. The van der Waals surface area contributed by atoms with Crippen LogP contribution in [0.5, 0.6) is 11.5 Å². The van der Waals surface area contributed by atoms with Gasteiger partial charge in [0.25, 0.3) is 5.91 Å². The summed E-state index contributed by atoms with van der Waals surface area (Å²) >= 11 is 6.36. The number of nitrogens with one attached hydrogen (secondary N) is 1. The number of carbonyl (C=O) groups excluding carboxylic acids is 2. The van der Waals surface area contributed by atoms with Crippen LogP contribution in [0.25, 0.3) is 5.57 Å². The number of nitrogens with zero attached hydrogens (tertiary/aromatic N) is 2. The molecule has 1 saturated carbocycles. The molecular formula is C41H48ClN3O7. The second kappa shape index (κ2) is 16.5. The average Bonchev–Trinajstić information content (AvgIpc) is 3.94. The molecule has 3 N–H and O–H groups in total. The molecule has 0 aromatic heterocycles. The van der Waals surface area contributed by atoms with Gasteiger partial charge in [-0.15, -0.1) is 0 Å². The highest BCUT2D eigenvalue weighted by molar-refractivity contribution is 6.32. The highest BCUT2D eigenvalue weighted by Crippen LogP contribution is 2.37. The van der Waals surface area contributed by atoms with E-state index < -0.39 is 24.5 Å². The van der Waals surface area contributed by atoms with E-state index >= 15 is 0 Å². The number of fused-ring (bicyclic) bond motifs is 2. The molecule has 3 aliphatic rings. The fourth-order valence-electron chi connectivity index (χ4n) is 7.10. The molecule has 2 heterocycles. The van der Waals surface area contributed by atoms with E-state index in [1.165, 1.54) is 11.1 Å². The SMILES string of the molecule is Cc1ccc(CCN(C(=O)C2=C(c3ccc(OCCOc4cc(C)c(C)cc4Cl)cc3)C[C@@H]3CN(C(=O)C[C@@H](O)CC(=O)O)C[C@H]2N3)C2CC2)cc1. The van der Waals surface area contributed by atoms with Crippen molar-refractivity contribution in [1.82, 2.24) is 15.1 Å². The molecule has 52 heavy (non-hydrogen) atoms. The van der Waals surface area contributed by atoms with Crippen LogP contribution in [-0.2, 0) is 20.8 Å². The van der Waals surface area contributed by atoms with Crippen molar-refractivity contribution in [3.63, 3.8) is 0 Å². The number of aliphatic carboxylic acids is 1. The first-order valence-corrected chi connectivity index (χ1v) is 18.5. The van der Waals surface area contributed by atoms with E-state index in [2.05, 4.69) is 36.5 Å². The van der Waals surface area contributed by atoms with Gasteiger partial charge in [-0.1, -0.05) is 53.6 Å². The summed E-state index contributed by atoms with van der Waals surface area (Å²) in [7, 11) is 0. The number of amides is 2.